The van der Waals surface area contributed by atoms with E-state index in [1.165, 1.54) is 0 Å². The molecular weight excluding hydrogens is 394 g/mol. The summed E-state index contributed by atoms with van der Waals surface area (Å²) >= 11 is 0. The molecular formula is C24H25N3O4. The molecule has 1 aromatic carbocycles. The summed E-state index contributed by atoms with van der Waals surface area (Å²) in [5.74, 6) is 1.66. The van der Waals surface area contributed by atoms with Gasteiger partial charge in [0, 0.05) is 36.8 Å². The van der Waals surface area contributed by atoms with E-state index in [9.17, 15) is 9.59 Å². The summed E-state index contributed by atoms with van der Waals surface area (Å²) in [5.41, 5.74) is 2.20. The highest BCUT2D eigenvalue weighted by Gasteiger charge is 2.36. The van der Waals surface area contributed by atoms with Crippen LogP contribution < -0.4 is 10.9 Å². The van der Waals surface area contributed by atoms with Crippen LogP contribution >= 0.6 is 0 Å². The first-order valence-electron chi connectivity index (χ1n) is 10.6. The van der Waals surface area contributed by atoms with Crippen LogP contribution in [0.5, 0.6) is 0 Å². The largest absolute Gasteiger partial charge is 0.462 e. The molecule has 31 heavy (non-hydrogen) atoms. The summed E-state index contributed by atoms with van der Waals surface area (Å²) in [6.45, 7) is 2.15. The lowest BCUT2D eigenvalue weighted by atomic mass is 9.83. The minimum atomic E-state index is -0.145. The molecule has 2 aliphatic heterocycles. The highest BCUT2D eigenvalue weighted by Crippen LogP contribution is 2.36. The van der Waals surface area contributed by atoms with Crippen LogP contribution in [-0.2, 0) is 19.7 Å². The third kappa shape index (κ3) is 3.77. The van der Waals surface area contributed by atoms with Gasteiger partial charge in [0.25, 0.3) is 11.5 Å². The summed E-state index contributed by atoms with van der Waals surface area (Å²) < 4.78 is 7.35. The molecule has 5 rings (SSSR count). The minimum absolute atomic E-state index is 0.0380. The van der Waals surface area contributed by atoms with Gasteiger partial charge in [-0.15, -0.1) is 0 Å². The second kappa shape index (κ2) is 8.07. The second-order valence-electron chi connectivity index (χ2n) is 8.34. The zero-order valence-corrected chi connectivity index (χ0v) is 17.2. The van der Waals surface area contributed by atoms with Gasteiger partial charge in [0.2, 0.25) is 0 Å². The number of carbonyl (C=O) groups is 1. The SMILES string of the molecule is O=C(c1ccccc1)N1CC2CC(C1)c1ccc(NCc3ccc(CO)o3)c(=O)n1C2. The van der Waals surface area contributed by atoms with Gasteiger partial charge in [0.15, 0.2) is 0 Å². The lowest BCUT2D eigenvalue weighted by Gasteiger charge is -2.43. The maximum atomic E-state index is 13.1. The number of hydrogen-bond donors (Lipinski definition) is 2. The van der Waals surface area contributed by atoms with Crippen LogP contribution in [0, 0.1) is 5.92 Å². The number of aliphatic hydroxyl groups is 1. The van der Waals surface area contributed by atoms with Gasteiger partial charge in [0.1, 0.15) is 23.8 Å². The van der Waals surface area contributed by atoms with Crippen molar-refractivity contribution < 1.29 is 14.3 Å². The molecule has 160 valence electrons. The zero-order chi connectivity index (χ0) is 21.4. The summed E-state index contributed by atoms with van der Waals surface area (Å²) in [6.07, 6.45) is 1.00. The minimum Gasteiger partial charge on any atom is -0.462 e. The van der Waals surface area contributed by atoms with Crippen LogP contribution in [0.4, 0.5) is 5.69 Å². The van der Waals surface area contributed by atoms with E-state index in [1.807, 2.05) is 51.9 Å². The molecule has 2 N–H and O–H groups in total. The lowest BCUT2D eigenvalue weighted by Crippen LogP contribution is -2.49. The number of nitrogens with zero attached hydrogens (tertiary/aromatic N) is 2. The number of amides is 1. The molecule has 0 radical (unpaired) electrons. The number of aliphatic hydroxyl groups excluding tert-OH is 1. The molecule has 2 atom stereocenters. The number of carbonyl (C=O) groups excluding carboxylic acids is 1. The van der Waals surface area contributed by atoms with Crippen LogP contribution in [0.1, 0.15) is 39.9 Å². The van der Waals surface area contributed by atoms with E-state index in [4.69, 9.17) is 9.52 Å². The van der Waals surface area contributed by atoms with E-state index >= 15 is 0 Å². The van der Waals surface area contributed by atoms with Gasteiger partial charge in [-0.25, -0.2) is 0 Å². The number of anilines is 1. The van der Waals surface area contributed by atoms with Crippen molar-refractivity contribution in [1.82, 2.24) is 9.47 Å². The van der Waals surface area contributed by atoms with Gasteiger partial charge in [0.05, 0.1) is 6.54 Å². The Morgan fingerprint density at radius 3 is 2.61 bits per heavy atom. The quantitative estimate of drug-likeness (QED) is 0.664. The van der Waals surface area contributed by atoms with Crippen molar-refractivity contribution in [2.45, 2.75) is 32.0 Å². The van der Waals surface area contributed by atoms with E-state index in [1.54, 1.807) is 12.1 Å². The monoisotopic (exact) mass is 419 g/mol. The van der Waals surface area contributed by atoms with Crippen LogP contribution in [0.15, 0.2) is 63.8 Å². The maximum absolute atomic E-state index is 13.1. The number of piperidine rings is 1. The van der Waals surface area contributed by atoms with Crippen LogP contribution in [0.3, 0.4) is 0 Å². The molecule has 1 saturated heterocycles. The van der Waals surface area contributed by atoms with Crippen molar-refractivity contribution in [3.63, 3.8) is 0 Å². The molecule has 7 nitrogen and oxygen atoms in total. The molecule has 2 bridgehead atoms. The van der Waals surface area contributed by atoms with Crippen molar-refractivity contribution in [3.05, 3.63) is 87.7 Å². The van der Waals surface area contributed by atoms with Gasteiger partial charge >= 0.3 is 0 Å². The van der Waals surface area contributed by atoms with Crippen molar-refractivity contribution in [2.75, 3.05) is 18.4 Å². The Hall–Kier alpha value is -3.32. The average Bonchev–Trinajstić information content (AvgIpc) is 3.27. The van der Waals surface area contributed by atoms with Gasteiger partial charge in [-0.2, -0.15) is 0 Å². The molecule has 0 saturated carbocycles. The summed E-state index contributed by atoms with van der Waals surface area (Å²) in [6, 6.07) is 16.7. The molecule has 7 heteroatoms. The van der Waals surface area contributed by atoms with E-state index in [-0.39, 0.29) is 29.9 Å². The number of aromatic nitrogens is 1. The zero-order valence-electron chi connectivity index (χ0n) is 17.2. The number of rotatable bonds is 5. The fraction of sp³-hybridized carbons (Fsp3) is 0.333. The Bertz CT molecular complexity index is 1150. The van der Waals surface area contributed by atoms with Gasteiger partial charge < -0.3 is 24.3 Å². The first kappa shape index (κ1) is 19.6. The Balaban J connectivity index is 1.34. The molecule has 0 spiro atoms. The first-order chi connectivity index (χ1) is 15.1. The van der Waals surface area contributed by atoms with Crippen LogP contribution in [0.2, 0.25) is 0 Å². The predicted molar refractivity (Wildman–Crippen MR) is 116 cm³/mol. The number of furan rings is 1. The van der Waals surface area contributed by atoms with E-state index in [0.29, 0.717) is 49.0 Å². The predicted octanol–water partition coefficient (Wildman–Crippen LogP) is 2.81. The van der Waals surface area contributed by atoms with Crippen molar-refractivity contribution >= 4 is 11.6 Å². The van der Waals surface area contributed by atoms with Crippen molar-refractivity contribution in [3.8, 4) is 0 Å². The Kier molecular flexibility index (Phi) is 5.11. The Morgan fingerprint density at radius 1 is 1.03 bits per heavy atom. The molecule has 1 amide bonds. The fourth-order valence-corrected chi connectivity index (χ4v) is 4.79. The second-order valence-corrected chi connectivity index (χ2v) is 8.34. The first-order valence-corrected chi connectivity index (χ1v) is 10.6. The molecule has 2 aromatic heterocycles. The number of fused-ring (bicyclic) bond motifs is 4. The third-order valence-corrected chi connectivity index (χ3v) is 6.24. The Labute approximate surface area is 179 Å². The fourth-order valence-electron chi connectivity index (χ4n) is 4.79. The standard InChI is InChI=1S/C24H25N3O4/c28-15-20-7-6-19(31-20)11-25-21-8-9-22-18-10-16(13-27(22)24(21)30)12-26(14-18)23(29)17-4-2-1-3-5-17/h1-9,16,18,25,28H,10-15H2. The summed E-state index contributed by atoms with van der Waals surface area (Å²) in [4.78, 5) is 28.0. The molecule has 2 aliphatic rings. The molecule has 2 unspecified atom stereocenters. The number of nitrogens with one attached hydrogen (secondary N) is 1. The summed E-state index contributed by atoms with van der Waals surface area (Å²) in [7, 11) is 0. The number of pyridine rings is 1. The van der Waals surface area contributed by atoms with Crippen molar-refractivity contribution in [2.24, 2.45) is 5.92 Å². The van der Waals surface area contributed by atoms with Gasteiger partial charge in [-0.05, 0) is 48.7 Å². The normalized spacial score (nSPS) is 19.7. The molecule has 0 aliphatic carbocycles. The van der Waals surface area contributed by atoms with E-state index < -0.39 is 0 Å². The molecule has 1 fully saturated rings. The number of hydrogen-bond acceptors (Lipinski definition) is 5. The molecule has 3 aromatic rings. The average molecular weight is 419 g/mol. The van der Waals surface area contributed by atoms with E-state index in [0.717, 1.165) is 12.1 Å². The third-order valence-electron chi connectivity index (χ3n) is 6.24. The smallest absolute Gasteiger partial charge is 0.274 e. The van der Waals surface area contributed by atoms with Crippen molar-refractivity contribution in [1.29, 1.82) is 0 Å². The maximum Gasteiger partial charge on any atom is 0.274 e. The topological polar surface area (TPSA) is 87.7 Å². The number of benzene rings is 1. The molecule has 4 heterocycles. The van der Waals surface area contributed by atoms with Crippen LogP contribution in [0.25, 0.3) is 0 Å². The number of likely N-dealkylation sites (tertiary alicyclic amines) is 1. The highest BCUT2D eigenvalue weighted by atomic mass is 16.4. The highest BCUT2D eigenvalue weighted by molar-refractivity contribution is 5.94. The summed E-state index contributed by atoms with van der Waals surface area (Å²) in [5, 5.41) is 12.3. The van der Waals surface area contributed by atoms with E-state index in [2.05, 4.69) is 5.32 Å². The van der Waals surface area contributed by atoms with Gasteiger partial charge in [-0.1, -0.05) is 18.2 Å². The van der Waals surface area contributed by atoms with Crippen LogP contribution in [-0.4, -0.2) is 33.6 Å². The Morgan fingerprint density at radius 2 is 1.84 bits per heavy atom. The van der Waals surface area contributed by atoms with Gasteiger partial charge in [-0.3, -0.25) is 9.59 Å². The lowest BCUT2D eigenvalue weighted by molar-refractivity contribution is 0.0594.